The average Bonchev–Trinajstić information content (AvgIpc) is 3.06. The van der Waals surface area contributed by atoms with Crippen LogP contribution in [0.5, 0.6) is 0 Å². The Bertz CT molecular complexity index is 737. The largest absolute Gasteiger partial charge is 0.350 e. The van der Waals surface area contributed by atoms with Crippen molar-refractivity contribution in [1.82, 2.24) is 20.4 Å². The topological polar surface area (TPSA) is 78.1 Å². The number of carbonyl (C=O) groups is 2. The van der Waals surface area contributed by atoms with E-state index in [1.807, 2.05) is 30.3 Å². The molecule has 0 fully saturated rings. The SMILES string of the molecule is CC(=O)N1C=Cc2ccccc2[C@H]1CC(=O)NCc1ccn[nH]1. The van der Waals surface area contributed by atoms with Crippen LogP contribution in [0.3, 0.4) is 0 Å². The molecule has 6 heteroatoms. The van der Waals surface area contributed by atoms with Crippen LogP contribution in [0.1, 0.15) is 36.2 Å². The number of nitrogens with zero attached hydrogens (tertiary/aromatic N) is 2. The van der Waals surface area contributed by atoms with Gasteiger partial charge in [-0.1, -0.05) is 24.3 Å². The molecule has 1 aromatic carbocycles. The van der Waals surface area contributed by atoms with Gasteiger partial charge in [0, 0.05) is 19.3 Å². The molecule has 0 aliphatic carbocycles. The van der Waals surface area contributed by atoms with Gasteiger partial charge in [-0.3, -0.25) is 14.7 Å². The molecule has 0 radical (unpaired) electrons. The maximum atomic E-state index is 12.3. The summed E-state index contributed by atoms with van der Waals surface area (Å²) in [6, 6.07) is 9.34. The fourth-order valence-electron chi connectivity index (χ4n) is 2.74. The molecule has 6 nitrogen and oxygen atoms in total. The molecule has 23 heavy (non-hydrogen) atoms. The second-order valence-electron chi connectivity index (χ2n) is 5.45. The molecule has 0 spiro atoms. The molecule has 0 saturated heterocycles. The smallest absolute Gasteiger partial charge is 0.223 e. The van der Waals surface area contributed by atoms with Crippen molar-refractivity contribution >= 4 is 17.9 Å². The number of amides is 2. The van der Waals surface area contributed by atoms with Gasteiger partial charge in [0.15, 0.2) is 0 Å². The third kappa shape index (κ3) is 3.31. The van der Waals surface area contributed by atoms with Gasteiger partial charge in [0.05, 0.1) is 24.7 Å². The van der Waals surface area contributed by atoms with Crippen molar-refractivity contribution in [3.8, 4) is 0 Å². The van der Waals surface area contributed by atoms with E-state index < -0.39 is 0 Å². The minimum Gasteiger partial charge on any atom is -0.350 e. The highest BCUT2D eigenvalue weighted by Gasteiger charge is 2.27. The monoisotopic (exact) mass is 310 g/mol. The minimum atomic E-state index is -0.282. The van der Waals surface area contributed by atoms with E-state index in [2.05, 4.69) is 15.5 Å². The zero-order valence-corrected chi connectivity index (χ0v) is 12.8. The van der Waals surface area contributed by atoms with E-state index in [9.17, 15) is 9.59 Å². The van der Waals surface area contributed by atoms with Crippen LogP contribution >= 0.6 is 0 Å². The first kappa shape index (κ1) is 15.0. The van der Waals surface area contributed by atoms with Gasteiger partial charge in [0.1, 0.15) is 0 Å². The summed E-state index contributed by atoms with van der Waals surface area (Å²) in [6.45, 7) is 1.90. The van der Waals surface area contributed by atoms with Crippen molar-refractivity contribution in [2.24, 2.45) is 0 Å². The molecule has 2 N–H and O–H groups in total. The van der Waals surface area contributed by atoms with Crippen LogP contribution in [-0.2, 0) is 16.1 Å². The number of rotatable bonds is 4. The summed E-state index contributed by atoms with van der Waals surface area (Å²) in [4.78, 5) is 25.8. The summed E-state index contributed by atoms with van der Waals surface area (Å²) >= 11 is 0. The Kier molecular flexibility index (Phi) is 4.23. The van der Waals surface area contributed by atoms with Crippen LogP contribution in [0, 0.1) is 0 Å². The molecular weight excluding hydrogens is 292 g/mol. The van der Waals surface area contributed by atoms with Crippen LogP contribution < -0.4 is 5.32 Å². The molecule has 0 bridgehead atoms. The molecule has 118 valence electrons. The van der Waals surface area contributed by atoms with Gasteiger partial charge in [0.25, 0.3) is 0 Å². The molecule has 2 aromatic rings. The quantitative estimate of drug-likeness (QED) is 0.906. The van der Waals surface area contributed by atoms with E-state index in [1.165, 1.54) is 6.92 Å². The molecule has 2 amide bonds. The minimum absolute atomic E-state index is 0.0814. The Morgan fingerprint density at radius 2 is 2.13 bits per heavy atom. The van der Waals surface area contributed by atoms with E-state index in [-0.39, 0.29) is 24.3 Å². The number of benzene rings is 1. The molecule has 1 aromatic heterocycles. The van der Waals surface area contributed by atoms with Gasteiger partial charge in [-0.15, -0.1) is 0 Å². The number of fused-ring (bicyclic) bond motifs is 1. The summed E-state index contributed by atoms with van der Waals surface area (Å²) in [6.07, 6.45) is 5.50. The highest BCUT2D eigenvalue weighted by molar-refractivity contribution is 5.81. The lowest BCUT2D eigenvalue weighted by Gasteiger charge is -2.32. The maximum absolute atomic E-state index is 12.3. The highest BCUT2D eigenvalue weighted by atomic mass is 16.2. The van der Waals surface area contributed by atoms with E-state index in [0.29, 0.717) is 6.54 Å². The molecule has 2 heterocycles. The Morgan fingerprint density at radius 3 is 2.87 bits per heavy atom. The summed E-state index contributed by atoms with van der Waals surface area (Å²) < 4.78 is 0. The first-order valence-corrected chi connectivity index (χ1v) is 7.46. The van der Waals surface area contributed by atoms with Crippen molar-refractivity contribution in [2.45, 2.75) is 25.9 Å². The summed E-state index contributed by atoms with van der Waals surface area (Å²) in [5.74, 6) is -0.192. The fourth-order valence-corrected chi connectivity index (χ4v) is 2.74. The number of aromatic amines is 1. The normalized spacial score (nSPS) is 16.0. The second-order valence-corrected chi connectivity index (χ2v) is 5.45. The Hall–Kier alpha value is -2.89. The molecule has 1 aliphatic heterocycles. The number of H-pyrrole nitrogens is 1. The van der Waals surface area contributed by atoms with E-state index in [0.717, 1.165) is 16.8 Å². The second kappa shape index (κ2) is 6.48. The van der Waals surface area contributed by atoms with Gasteiger partial charge in [-0.05, 0) is 23.3 Å². The van der Waals surface area contributed by atoms with Crippen LogP contribution in [0.15, 0.2) is 42.7 Å². The molecule has 0 unspecified atom stereocenters. The lowest BCUT2D eigenvalue weighted by Crippen LogP contribution is -2.35. The summed E-state index contributed by atoms with van der Waals surface area (Å²) in [5, 5.41) is 9.49. The molecular formula is C17H18N4O2. The number of aromatic nitrogens is 2. The highest BCUT2D eigenvalue weighted by Crippen LogP contribution is 2.32. The average molecular weight is 310 g/mol. The first-order chi connectivity index (χ1) is 11.1. The number of hydrogen-bond donors (Lipinski definition) is 2. The zero-order chi connectivity index (χ0) is 16.2. The lowest BCUT2D eigenvalue weighted by molar-refractivity contribution is -0.130. The predicted octanol–water partition coefficient (Wildman–Crippen LogP) is 1.99. The Balaban J connectivity index is 1.74. The summed E-state index contributed by atoms with van der Waals surface area (Å²) in [5.41, 5.74) is 2.86. The van der Waals surface area contributed by atoms with E-state index >= 15 is 0 Å². The lowest BCUT2D eigenvalue weighted by atomic mass is 9.93. The van der Waals surface area contributed by atoms with Gasteiger partial charge >= 0.3 is 0 Å². The van der Waals surface area contributed by atoms with Gasteiger partial charge in [-0.25, -0.2) is 0 Å². The fraction of sp³-hybridized carbons (Fsp3) is 0.235. The maximum Gasteiger partial charge on any atom is 0.223 e. The third-order valence-corrected chi connectivity index (χ3v) is 3.88. The summed E-state index contributed by atoms with van der Waals surface area (Å²) in [7, 11) is 0. The van der Waals surface area contributed by atoms with Gasteiger partial charge in [-0.2, -0.15) is 5.10 Å². The van der Waals surface area contributed by atoms with Gasteiger partial charge < -0.3 is 10.2 Å². The van der Waals surface area contributed by atoms with Crippen molar-refractivity contribution < 1.29 is 9.59 Å². The Morgan fingerprint density at radius 1 is 1.30 bits per heavy atom. The van der Waals surface area contributed by atoms with Crippen molar-refractivity contribution in [1.29, 1.82) is 0 Å². The standard InChI is InChI=1S/C17H18N4O2/c1-12(22)21-9-7-13-4-2-3-5-15(13)16(21)10-17(23)18-11-14-6-8-19-20-14/h2-9,16H,10-11H2,1H3,(H,18,23)(H,19,20)/t16-/m1/s1. The predicted molar refractivity (Wildman–Crippen MR) is 85.8 cm³/mol. The third-order valence-electron chi connectivity index (χ3n) is 3.88. The zero-order valence-electron chi connectivity index (χ0n) is 12.8. The van der Waals surface area contributed by atoms with Crippen LogP contribution in [0.25, 0.3) is 6.08 Å². The van der Waals surface area contributed by atoms with Crippen molar-refractivity contribution in [3.63, 3.8) is 0 Å². The van der Waals surface area contributed by atoms with E-state index in [1.54, 1.807) is 23.4 Å². The number of carbonyl (C=O) groups excluding carboxylic acids is 2. The molecule has 1 aliphatic rings. The van der Waals surface area contributed by atoms with Crippen molar-refractivity contribution in [2.75, 3.05) is 0 Å². The Labute approximate surface area is 134 Å². The first-order valence-electron chi connectivity index (χ1n) is 7.46. The number of hydrogen-bond acceptors (Lipinski definition) is 3. The van der Waals surface area contributed by atoms with E-state index in [4.69, 9.17) is 0 Å². The van der Waals surface area contributed by atoms with Crippen LogP contribution in [-0.4, -0.2) is 26.9 Å². The molecule has 3 rings (SSSR count). The van der Waals surface area contributed by atoms with Crippen LogP contribution in [0.4, 0.5) is 0 Å². The number of nitrogens with one attached hydrogen (secondary N) is 2. The van der Waals surface area contributed by atoms with Crippen LogP contribution in [0.2, 0.25) is 0 Å². The van der Waals surface area contributed by atoms with Crippen molar-refractivity contribution in [3.05, 3.63) is 59.5 Å². The molecule has 1 atom stereocenters. The van der Waals surface area contributed by atoms with Gasteiger partial charge in [0.2, 0.25) is 11.8 Å². The molecule has 0 saturated carbocycles.